The van der Waals surface area contributed by atoms with Gasteiger partial charge >= 0.3 is 0 Å². The number of halogens is 2. The van der Waals surface area contributed by atoms with Crippen LogP contribution >= 0.6 is 23.2 Å². The van der Waals surface area contributed by atoms with Gasteiger partial charge in [-0.25, -0.2) is 4.98 Å². The van der Waals surface area contributed by atoms with E-state index in [1.165, 1.54) is 6.92 Å². The number of hydrogen-bond donors (Lipinski definition) is 1. The molecular weight excluding hydrogens is 385 g/mol. The molecule has 0 aliphatic rings. The van der Waals surface area contributed by atoms with Crippen molar-refractivity contribution in [2.24, 2.45) is 0 Å². The van der Waals surface area contributed by atoms with Crippen molar-refractivity contribution in [1.82, 2.24) is 9.55 Å². The largest absolute Gasteiger partial charge is 0.486 e. The summed E-state index contributed by atoms with van der Waals surface area (Å²) in [5, 5.41) is 3.88. The van der Waals surface area contributed by atoms with Gasteiger partial charge in [-0.05, 0) is 36.4 Å². The maximum absolute atomic E-state index is 11.1. The number of amides is 1. The molecule has 1 heterocycles. The fraction of sp³-hybridized carbons (Fsp3) is 0.200. The van der Waals surface area contributed by atoms with Gasteiger partial charge in [-0.15, -0.1) is 0 Å². The number of imidazole rings is 1. The summed E-state index contributed by atoms with van der Waals surface area (Å²) < 4.78 is 8.19. The summed E-state index contributed by atoms with van der Waals surface area (Å²) in [5.74, 6) is 0.570. The van der Waals surface area contributed by atoms with Crippen molar-refractivity contribution in [2.75, 3.05) is 5.32 Å². The summed E-state index contributed by atoms with van der Waals surface area (Å²) in [4.78, 5) is 15.2. The minimum atomic E-state index is -0.260. The number of carbonyl (C=O) groups excluding carboxylic acids is 1. The van der Waals surface area contributed by atoms with E-state index in [1.807, 2.05) is 29.0 Å². The van der Waals surface area contributed by atoms with Gasteiger partial charge in [-0.3, -0.25) is 4.79 Å². The molecule has 0 aliphatic heterocycles. The Hall–Kier alpha value is -2.50. The molecule has 1 atom stereocenters. The molecule has 3 aromatic rings. The molecule has 0 spiro atoms. The highest BCUT2D eigenvalue weighted by Crippen LogP contribution is 2.32. The van der Waals surface area contributed by atoms with E-state index in [0.717, 1.165) is 12.1 Å². The minimum Gasteiger partial charge on any atom is -0.486 e. The lowest BCUT2D eigenvalue weighted by molar-refractivity contribution is -0.114. The Labute approximate surface area is 167 Å². The zero-order chi connectivity index (χ0) is 19.2. The molecule has 1 amide bonds. The van der Waals surface area contributed by atoms with Crippen molar-refractivity contribution in [1.29, 1.82) is 0 Å². The Balaban J connectivity index is 1.79. The molecule has 2 aromatic carbocycles. The van der Waals surface area contributed by atoms with Crippen LogP contribution in [0, 0.1) is 0 Å². The van der Waals surface area contributed by atoms with Crippen molar-refractivity contribution >= 4 is 34.8 Å². The Morgan fingerprint density at radius 3 is 2.63 bits per heavy atom. The molecular formula is C20H19Cl2N3O2. The van der Waals surface area contributed by atoms with E-state index in [2.05, 4.69) is 10.3 Å². The van der Waals surface area contributed by atoms with Gasteiger partial charge in [0.25, 0.3) is 0 Å². The number of nitrogens with zero attached hydrogens (tertiary/aromatic N) is 2. The summed E-state index contributed by atoms with van der Waals surface area (Å²) in [7, 11) is 0. The SMILES string of the molecule is CC(=O)Nc1ccc(OC(CCn2ccnc2)c2ccc(Cl)cc2Cl)cc1. The van der Waals surface area contributed by atoms with Crippen molar-refractivity contribution in [2.45, 2.75) is 26.0 Å². The number of aromatic nitrogens is 2. The van der Waals surface area contributed by atoms with Crippen LogP contribution in [-0.4, -0.2) is 15.5 Å². The molecule has 0 aliphatic carbocycles. The molecule has 0 radical (unpaired) electrons. The van der Waals surface area contributed by atoms with Crippen molar-refractivity contribution in [3.63, 3.8) is 0 Å². The van der Waals surface area contributed by atoms with Gasteiger partial charge in [0, 0.05) is 53.6 Å². The van der Waals surface area contributed by atoms with Crippen LogP contribution in [-0.2, 0) is 11.3 Å². The lowest BCUT2D eigenvalue weighted by Gasteiger charge is -2.21. The third-order valence-electron chi connectivity index (χ3n) is 3.97. The molecule has 3 rings (SSSR count). The number of rotatable bonds is 7. The molecule has 1 unspecified atom stereocenters. The van der Waals surface area contributed by atoms with E-state index in [0.29, 0.717) is 27.9 Å². The number of carbonyl (C=O) groups is 1. The number of anilines is 1. The Kier molecular flexibility index (Phi) is 6.37. The highest BCUT2D eigenvalue weighted by molar-refractivity contribution is 6.35. The van der Waals surface area contributed by atoms with Gasteiger partial charge in [0.15, 0.2) is 0 Å². The van der Waals surface area contributed by atoms with E-state index in [1.54, 1.807) is 36.8 Å². The van der Waals surface area contributed by atoms with Gasteiger partial charge in [0.2, 0.25) is 5.91 Å². The number of aryl methyl sites for hydroxylation is 1. The molecule has 0 saturated carbocycles. The van der Waals surface area contributed by atoms with E-state index in [9.17, 15) is 4.79 Å². The standard InChI is InChI=1S/C20H19Cl2N3O2/c1-14(26)24-16-3-5-17(6-4-16)27-20(8-10-25-11-9-23-13-25)18-7-2-15(21)12-19(18)22/h2-7,9,11-13,20H,8,10H2,1H3,(H,24,26). The first-order valence-electron chi connectivity index (χ1n) is 8.46. The molecule has 27 heavy (non-hydrogen) atoms. The smallest absolute Gasteiger partial charge is 0.221 e. The van der Waals surface area contributed by atoms with Gasteiger partial charge in [0.1, 0.15) is 11.9 Å². The number of nitrogens with one attached hydrogen (secondary N) is 1. The summed E-state index contributed by atoms with van der Waals surface area (Å²) in [5.41, 5.74) is 1.58. The van der Waals surface area contributed by atoms with Gasteiger partial charge < -0.3 is 14.6 Å². The molecule has 1 N–H and O–H groups in total. The maximum atomic E-state index is 11.1. The molecule has 0 bridgehead atoms. The quantitative estimate of drug-likeness (QED) is 0.577. The molecule has 0 saturated heterocycles. The summed E-state index contributed by atoms with van der Waals surface area (Å²) >= 11 is 12.4. The summed E-state index contributed by atoms with van der Waals surface area (Å²) in [6.07, 6.45) is 5.85. The highest BCUT2D eigenvalue weighted by atomic mass is 35.5. The zero-order valence-electron chi connectivity index (χ0n) is 14.7. The first kappa shape index (κ1) is 19.3. The predicted octanol–water partition coefficient (Wildman–Crippen LogP) is 5.36. The van der Waals surface area contributed by atoms with Crippen LogP contribution in [0.5, 0.6) is 5.75 Å². The van der Waals surface area contributed by atoms with Crippen LogP contribution in [0.25, 0.3) is 0 Å². The second-order valence-electron chi connectivity index (χ2n) is 6.07. The van der Waals surface area contributed by atoms with Crippen molar-refractivity contribution in [3.8, 4) is 5.75 Å². The molecule has 7 heteroatoms. The predicted molar refractivity (Wildman–Crippen MR) is 107 cm³/mol. The average molecular weight is 404 g/mol. The molecule has 0 fully saturated rings. The van der Waals surface area contributed by atoms with Crippen LogP contribution in [0.15, 0.2) is 61.2 Å². The van der Waals surface area contributed by atoms with E-state index in [-0.39, 0.29) is 12.0 Å². The van der Waals surface area contributed by atoms with Gasteiger partial charge in [-0.2, -0.15) is 0 Å². The van der Waals surface area contributed by atoms with E-state index >= 15 is 0 Å². The minimum absolute atomic E-state index is 0.116. The zero-order valence-corrected chi connectivity index (χ0v) is 16.2. The van der Waals surface area contributed by atoms with E-state index in [4.69, 9.17) is 27.9 Å². The molecule has 1 aromatic heterocycles. The van der Waals surface area contributed by atoms with Crippen molar-refractivity contribution < 1.29 is 9.53 Å². The van der Waals surface area contributed by atoms with Crippen LogP contribution in [0.4, 0.5) is 5.69 Å². The van der Waals surface area contributed by atoms with Crippen molar-refractivity contribution in [3.05, 3.63) is 76.8 Å². The molecule has 140 valence electrons. The summed E-state index contributed by atoms with van der Waals surface area (Å²) in [6, 6.07) is 12.6. The number of ether oxygens (including phenoxy) is 1. The highest BCUT2D eigenvalue weighted by Gasteiger charge is 2.17. The second-order valence-corrected chi connectivity index (χ2v) is 6.91. The molecule has 5 nitrogen and oxygen atoms in total. The maximum Gasteiger partial charge on any atom is 0.221 e. The topological polar surface area (TPSA) is 56.1 Å². The van der Waals surface area contributed by atoms with Crippen LogP contribution in [0.1, 0.15) is 25.0 Å². The fourth-order valence-corrected chi connectivity index (χ4v) is 3.24. The fourth-order valence-electron chi connectivity index (χ4n) is 2.71. The summed E-state index contributed by atoms with van der Waals surface area (Å²) in [6.45, 7) is 2.20. The van der Waals surface area contributed by atoms with Crippen LogP contribution in [0.2, 0.25) is 10.0 Å². The first-order valence-corrected chi connectivity index (χ1v) is 9.22. The van der Waals surface area contributed by atoms with Crippen LogP contribution < -0.4 is 10.1 Å². The lowest BCUT2D eigenvalue weighted by atomic mass is 10.1. The van der Waals surface area contributed by atoms with Gasteiger partial charge in [0.05, 0.1) is 6.33 Å². The Bertz CT molecular complexity index is 896. The average Bonchev–Trinajstić information content (AvgIpc) is 3.13. The number of benzene rings is 2. The Morgan fingerprint density at radius 1 is 1.22 bits per heavy atom. The van der Waals surface area contributed by atoms with E-state index < -0.39 is 0 Å². The van der Waals surface area contributed by atoms with Gasteiger partial charge in [-0.1, -0.05) is 29.3 Å². The van der Waals surface area contributed by atoms with Crippen LogP contribution in [0.3, 0.4) is 0 Å². The normalized spacial score (nSPS) is 11.8. The Morgan fingerprint density at radius 2 is 2.00 bits per heavy atom. The number of hydrogen-bond acceptors (Lipinski definition) is 3. The lowest BCUT2D eigenvalue weighted by Crippen LogP contribution is -2.12. The third kappa shape index (κ3) is 5.49. The third-order valence-corrected chi connectivity index (χ3v) is 4.53. The monoisotopic (exact) mass is 403 g/mol. The first-order chi connectivity index (χ1) is 13.0. The second kappa shape index (κ2) is 8.93.